The Kier molecular flexibility index (Phi) is 5.27. The van der Waals surface area contributed by atoms with Crippen LogP contribution in [0.2, 0.25) is 5.02 Å². The number of hydrogen-bond donors (Lipinski definition) is 1. The van der Waals surface area contributed by atoms with E-state index in [-0.39, 0.29) is 0 Å². The molecule has 0 amide bonds. The predicted octanol–water partition coefficient (Wildman–Crippen LogP) is 4.70. The molecule has 1 unspecified atom stereocenters. The Morgan fingerprint density at radius 2 is 1.97 bits per heavy atom. The van der Waals surface area contributed by atoms with Crippen LogP contribution in [0.15, 0.2) is 76.1 Å². The number of nitrogens with zero attached hydrogens (tertiary/aromatic N) is 6. The van der Waals surface area contributed by atoms with Gasteiger partial charge in [0, 0.05) is 28.5 Å². The Morgan fingerprint density at radius 3 is 2.74 bits per heavy atom. The molecule has 5 rings (SSSR count). The van der Waals surface area contributed by atoms with Crippen LogP contribution in [0.4, 0.5) is 0 Å². The number of hydrogen-bond acceptors (Lipinski definition) is 8. The van der Waals surface area contributed by atoms with Gasteiger partial charge in [-0.05, 0) is 42.5 Å². The van der Waals surface area contributed by atoms with E-state index in [2.05, 4.69) is 25.3 Å². The molecule has 0 aliphatic heterocycles. The van der Waals surface area contributed by atoms with Crippen molar-refractivity contribution >= 4 is 24.2 Å². The van der Waals surface area contributed by atoms with Crippen LogP contribution in [0.25, 0.3) is 22.8 Å². The third-order valence-corrected chi connectivity index (χ3v) is 5.29. The summed E-state index contributed by atoms with van der Waals surface area (Å²) in [5, 5.41) is 12.8. The molecule has 4 heterocycles. The summed E-state index contributed by atoms with van der Waals surface area (Å²) < 4.78 is 12.9. The van der Waals surface area contributed by atoms with Gasteiger partial charge in [-0.15, -0.1) is 10.2 Å². The van der Waals surface area contributed by atoms with E-state index in [1.807, 2.05) is 41.0 Å². The molecule has 0 spiro atoms. The molecule has 5 aromatic rings. The van der Waals surface area contributed by atoms with Crippen molar-refractivity contribution in [2.45, 2.75) is 11.8 Å². The Labute approximate surface area is 187 Å². The number of pyridine rings is 1. The summed E-state index contributed by atoms with van der Waals surface area (Å²) in [4.78, 5) is 8.67. The van der Waals surface area contributed by atoms with E-state index in [1.165, 1.54) is 0 Å². The van der Waals surface area contributed by atoms with Crippen LogP contribution in [0.3, 0.4) is 0 Å². The molecule has 0 saturated heterocycles. The highest BCUT2D eigenvalue weighted by atomic mass is 35.5. The second-order valence-electron chi connectivity index (χ2n) is 6.66. The first-order chi connectivity index (χ1) is 15.2. The molecule has 154 valence electrons. The average Bonchev–Trinajstić information content (AvgIpc) is 3.56. The van der Waals surface area contributed by atoms with Crippen LogP contribution in [0.5, 0.6) is 0 Å². The van der Waals surface area contributed by atoms with Crippen molar-refractivity contribution in [2.75, 3.05) is 0 Å². The van der Waals surface area contributed by atoms with Crippen molar-refractivity contribution in [3.63, 3.8) is 0 Å². The summed E-state index contributed by atoms with van der Waals surface area (Å²) in [6.45, 7) is 0.412. The summed E-state index contributed by atoms with van der Waals surface area (Å²) in [7, 11) is 0. The fourth-order valence-corrected chi connectivity index (χ4v) is 3.63. The molecule has 10 heteroatoms. The SMILES string of the molecule is SC(c1noc(-c2cccc(Cl)c2)n1)c1nnc(-c2cccnc2)n1Cc1ccco1. The maximum absolute atomic E-state index is 6.07. The highest BCUT2D eigenvalue weighted by Crippen LogP contribution is 2.31. The highest BCUT2D eigenvalue weighted by molar-refractivity contribution is 7.80. The molecule has 0 radical (unpaired) electrons. The van der Waals surface area contributed by atoms with Crippen molar-refractivity contribution in [3.05, 3.63) is 89.6 Å². The van der Waals surface area contributed by atoms with E-state index in [9.17, 15) is 0 Å². The lowest BCUT2D eigenvalue weighted by atomic mass is 10.2. The normalized spacial score (nSPS) is 12.2. The third-order valence-electron chi connectivity index (χ3n) is 4.60. The van der Waals surface area contributed by atoms with E-state index in [0.29, 0.717) is 34.9 Å². The number of furan rings is 1. The van der Waals surface area contributed by atoms with Gasteiger partial charge < -0.3 is 13.5 Å². The lowest BCUT2D eigenvalue weighted by molar-refractivity contribution is 0.422. The van der Waals surface area contributed by atoms with Gasteiger partial charge in [-0.1, -0.05) is 22.8 Å². The van der Waals surface area contributed by atoms with Gasteiger partial charge in [-0.25, -0.2) is 0 Å². The summed E-state index contributed by atoms with van der Waals surface area (Å²) in [6.07, 6.45) is 5.05. The zero-order valence-corrected chi connectivity index (χ0v) is 17.6. The fourth-order valence-electron chi connectivity index (χ4n) is 3.14. The van der Waals surface area contributed by atoms with Crippen molar-refractivity contribution in [2.24, 2.45) is 0 Å². The monoisotopic (exact) mass is 450 g/mol. The van der Waals surface area contributed by atoms with Gasteiger partial charge in [0.25, 0.3) is 5.89 Å². The quantitative estimate of drug-likeness (QED) is 0.374. The molecule has 0 fully saturated rings. The second-order valence-corrected chi connectivity index (χ2v) is 7.61. The first kappa shape index (κ1) is 19.5. The van der Waals surface area contributed by atoms with Gasteiger partial charge in [0.05, 0.1) is 12.8 Å². The van der Waals surface area contributed by atoms with Gasteiger partial charge >= 0.3 is 0 Å². The fraction of sp³-hybridized carbons (Fsp3) is 0.0952. The smallest absolute Gasteiger partial charge is 0.258 e. The first-order valence-corrected chi connectivity index (χ1v) is 10.2. The molecule has 0 bridgehead atoms. The second kappa shape index (κ2) is 8.37. The zero-order chi connectivity index (χ0) is 21.2. The Hall–Kier alpha value is -3.43. The van der Waals surface area contributed by atoms with Crippen LogP contribution in [-0.2, 0) is 6.54 Å². The summed E-state index contributed by atoms with van der Waals surface area (Å²) in [5.74, 6) is 2.65. The molecule has 0 saturated carbocycles. The van der Waals surface area contributed by atoms with Crippen LogP contribution in [0.1, 0.15) is 22.7 Å². The van der Waals surface area contributed by atoms with E-state index >= 15 is 0 Å². The van der Waals surface area contributed by atoms with Gasteiger partial charge in [-0.3, -0.25) is 4.98 Å². The molecule has 1 atom stereocenters. The number of thiol groups is 1. The first-order valence-electron chi connectivity index (χ1n) is 9.32. The topological polar surface area (TPSA) is 95.7 Å². The summed E-state index contributed by atoms with van der Waals surface area (Å²) in [6, 6.07) is 14.7. The van der Waals surface area contributed by atoms with Crippen molar-refractivity contribution < 1.29 is 8.94 Å². The van der Waals surface area contributed by atoms with Gasteiger partial charge in [-0.2, -0.15) is 17.6 Å². The summed E-state index contributed by atoms with van der Waals surface area (Å²) >= 11 is 10.8. The molecular weight excluding hydrogens is 436 g/mol. The molecule has 31 heavy (non-hydrogen) atoms. The molecule has 8 nitrogen and oxygen atoms in total. The van der Waals surface area contributed by atoms with E-state index in [4.69, 9.17) is 33.2 Å². The van der Waals surface area contributed by atoms with E-state index in [0.717, 1.165) is 16.9 Å². The maximum atomic E-state index is 6.07. The third kappa shape index (κ3) is 3.97. The average molecular weight is 451 g/mol. The van der Waals surface area contributed by atoms with Gasteiger partial charge in [0.2, 0.25) is 0 Å². The molecule has 1 aromatic carbocycles. The largest absolute Gasteiger partial charge is 0.467 e. The van der Waals surface area contributed by atoms with E-state index < -0.39 is 5.25 Å². The minimum Gasteiger partial charge on any atom is -0.467 e. The lowest BCUT2D eigenvalue weighted by Gasteiger charge is -2.11. The van der Waals surface area contributed by atoms with Crippen molar-refractivity contribution in [3.8, 4) is 22.8 Å². The maximum Gasteiger partial charge on any atom is 0.258 e. The van der Waals surface area contributed by atoms with Gasteiger partial charge in [0.1, 0.15) is 11.0 Å². The zero-order valence-electron chi connectivity index (χ0n) is 16.0. The molecule has 4 aromatic heterocycles. The summed E-state index contributed by atoms with van der Waals surface area (Å²) in [5.41, 5.74) is 1.54. The van der Waals surface area contributed by atoms with E-state index in [1.54, 1.807) is 30.8 Å². The molecule has 0 N–H and O–H groups in total. The van der Waals surface area contributed by atoms with Gasteiger partial charge in [0.15, 0.2) is 17.5 Å². The highest BCUT2D eigenvalue weighted by Gasteiger charge is 2.26. The van der Waals surface area contributed by atoms with Crippen LogP contribution >= 0.6 is 24.2 Å². The lowest BCUT2D eigenvalue weighted by Crippen LogP contribution is -2.10. The number of aromatic nitrogens is 6. The minimum atomic E-state index is -0.579. The molecule has 0 aliphatic carbocycles. The predicted molar refractivity (Wildman–Crippen MR) is 117 cm³/mol. The number of halogens is 1. The minimum absolute atomic E-state index is 0.348. The Morgan fingerprint density at radius 1 is 1.06 bits per heavy atom. The number of rotatable bonds is 6. The number of benzene rings is 1. The standard InChI is InChI=1S/C21H15ClN6O2S/c22-15-6-1-4-13(10-15)21-24-18(27-30-21)17(31)20-26-25-19(14-5-2-8-23-11-14)28(20)12-16-7-3-9-29-16/h1-11,17,31H,12H2. The molecular formula is C21H15ClN6O2S. The Bertz CT molecular complexity index is 1300. The van der Waals surface area contributed by atoms with Crippen LogP contribution < -0.4 is 0 Å². The Balaban J connectivity index is 1.53. The molecule has 0 aliphatic rings. The van der Waals surface area contributed by atoms with Crippen LogP contribution in [0, 0.1) is 0 Å². The van der Waals surface area contributed by atoms with Crippen molar-refractivity contribution in [1.29, 1.82) is 0 Å². The van der Waals surface area contributed by atoms with Crippen molar-refractivity contribution in [1.82, 2.24) is 29.9 Å². The van der Waals surface area contributed by atoms with Crippen LogP contribution in [-0.4, -0.2) is 29.9 Å².